The zero-order valence-corrected chi connectivity index (χ0v) is 17.1. The molecule has 0 aliphatic carbocycles. The molecular formula is C25H35NO. The molecule has 2 nitrogen and oxygen atoms in total. The van der Waals surface area contributed by atoms with E-state index < -0.39 is 0 Å². The van der Waals surface area contributed by atoms with Crippen molar-refractivity contribution in [3.63, 3.8) is 0 Å². The number of hydrogen-bond acceptors (Lipinski definition) is 2. The van der Waals surface area contributed by atoms with E-state index in [2.05, 4.69) is 49.5 Å². The Morgan fingerprint density at radius 2 is 1.44 bits per heavy atom. The number of anilines is 2. The van der Waals surface area contributed by atoms with Gasteiger partial charge in [0.1, 0.15) is 0 Å². The molecule has 2 heteroatoms. The van der Waals surface area contributed by atoms with Gasteiger partial charge in [-0.05, 0) is 36.1 Å². The van der Waals surface area contributed by atoms with Gasteiger partial charge in [-0.25, -0.2) is 0 Å². The molecular weight excluding hydrogens is 330 g/mol. The number of hydrogen-bond donors (Lipinski definition) is 1. The molecule has 0 fully saturated rings. The Labute approximate surface area is 165 Å². The lowest BCUT2D eigenvalue weighted by Gasteiger charge is -2.26. The standard InChI is InChI=1S/C25H35NO/c1-3-4-5-6-7-8-9-10-11-15-20(2)21-16-14-19-24-25(21)26-22-17-12-13-18-23(22)27-24/h12-14,16-20,26H,3-11,15H2,1-2H3. The zero-order chi connectivity index (χ0) is 18.9. The quantitative estimate of drug-likeness (QED) is 0.344. The Kier molecular flexibility index (Phi) is 7.62. The van der Waals surface area contributed by atoms with Gasteiger partial charge >= 0.3 is 0 Å². The second-order valence-electron chi connectivity index (χ2n) is 7.96. The van der Waals surface area contributed by atoms with Gasteiger partial charge in [0.25, 0.3) is 0 Å². The largest absolute Gasteiger partial charge is 0.453 e. The van der Waals surface area contributed by atoms with Crippen LogP contribution in [-0.2, 0) is 0 Å². The topological polar surface area (TPSA) is 21.3 Å². The predicted molar refractivity (Wildman–Crippen MR) is 116 cm³/mol. The molecule has 1 N–H and O–H groups in total. The second-order valence-corrected chi connectivity index (χ2v) is 7.96. The number of benzene rings is 2. The van der Waals surface area contributed by atoms with Crippen LogP contribution < -0.4 is 10.1 Å². The first-order chi connectivity index (χ1) is 13.3. The molecule has 0 saturated heterocycles. The molecule has 1 heterocycles. The summed E-state index contributed by atoms with van der Waals surface area (Å²) in [6.45, 7) is 4.63. The van der Waals surface area contributed by atoms with Crippen LogP contribution in [0.4, 0.5) is 11.4 Å². The number of rotatable bonds is 11. The van der Waals surface area contributed by atoms with Gasteiger partial charge in [0.15, 0.2) is 11.5 Å². The van der Waals surface area contributed by atoms with Crippen molar-refractivity contribution in [3.8, 4) is 11.5 Å². The molecule has 1 unspecified atom stereocenters. The lowest BCUT2D eigenvalue weighted by Crippen LogP contribution is -2.07. The third kappa shape index (κ3) is 5.51. The van der Waals surface area contributed by atoms with E-state index in [1.165, 1.54) is 69.8 Å². The maximum atomic E-state index is 6.10. The summed E-state index contributed by atoms with van der Waals surface area (Å²) in [5.41, 5.74) is 3.59. The van der Waals surface area contributed by atoms with Crippen molar-refractivity contribution in [3.05, 3.63) is 48.0 Å². The van der Waals surface area contributed by atoms with Gasteiger partial charge in [0.05, 0.1) is 11.4 Å². The molecule has 2 aromatic carbocycles. The number of fused-ring (bicyclic) bond motifs is 2. The highest BCUT2D eigenvalue weighted by molar-refractivity contribution is 5.78. The fourth-order valence-corrected chi connectivity index (χ4v) is 4.01. The van der Waals surface area contributed by atoms with E-state index in [4.69, 9.17) is 4.74 Å². The third-order valence-corrected chi connectivity index (χ3v) is 5.70. The van der Waals surface area contributed by atoms with Crippen molar-refractivity contribution in [1.29, 1.82) is 0 Å². The van der Waals surface area contributed by atoms with Gasteiger partial charge in [0.2, 0.25) is 0 Å². The minimum absolute atomic E-state index is 0.547. The van der Waals surface area contributed by atoms with E-state index in [1.807, 2.05) is 12.1 Å². The summed E-state index contributed by atoms with van der Waals surface area (Å²) in [5, 5.41) is 3.60. The first-order valence-electron chi connectivity index (χ1n) is 11.0. The highest BCUT2D eigenvalue weighted by atomic mass is 16.5. The summed E-state index contributed by atoms with van der Waals surface area (Å²) in [6, 6.07) is 14.6. The van der Waals surface area contributed by atoms with Crippen molar-refractivity contribution in [2.75, 3.05) is 5.32 Å². The Balaban J connectivity index is 1.45. The average Bonchev–Trinajstić information content (AvgIpc) is 2.70. The van der Waals surface area contributed by atoms with Gasteiger partial charge in [0, 0.05) is 0 Å². The first-order valence-corrected chi connectivity index (χ1v) is 11.0. The van der Waals surface area contributed by atoms with Crippen molar-refractivity contribution in [2.45, 2.75) is 84.0 Å². The molecule has 1 atom stereocenters. The highest BCUT2D eigenvalue weighted by Crippen LogP contribution is 2.45. The molecule has 0 saturated carbocycles. The lowest BCUT2D eigenvalue weighted by atomic mass is 9.92. The maximum absolute atomic E-state index is 6.10. The molecule has 0 aromatic heterocycles. The molecule has 1 aliphatic rings. The summed E-state index contributed by atoms with van der Waals surface area (Å²) in [5.74, 6) is 2.41. The van der Waals surface area contributed by atoms with Crippen LogP contribution >= 0.6 is 0 Å². The van der Waals surface area contributed by atoms with Crippen molar-refractivity contribution in [1.82, 2.24) is 0 Å². The molecule has 0 radical (unpaired) electrons. The van der Waals surface area contributed by atoms with Crippen molar-refractivity contribution in [2.24, 2.45) is 0 Å². The monoisotopic (exact) mass is 365 g/mol. The smallest absolute Gasteiger partial charge is 0.151 e. The summed E-state index contributed by atoms with van der Waals surface area (Å²) in [4.78, 5) is 0. The van der Waals surface area contributed by atoms with Crippen molar-refractivity contribution < 1.29 is 4.74 Å². The Hall–Kier alpha value is -1.96. The summed E-state index contributed by atoms with van der Waals surface area (Å²) in [6.07, 6.45) is 13.7. The van der Waals surface area contributed by atoms with E-state index in [0.717, 1.165) is 22.9 Å². The van der Waals surface area contributed by atoms with Crippen molar-refractivity contribution >= 4 is 11.4 Å². The number of nitrogens with one attached hydrogen (secondary N) is 1. The number of unbranched alkanes of at least 4 members (excludes halogenated alkanes) is 8. The van der Waals surface area contributed by atoms with Crippen LogP contribution in [0.5, 0.6) is 11.5 Å². The first kappa shape index (κ1) is 19.8. The molecule has 27 heavy (non-hydrogen) atoms. The van der Waals surface area contributed by atoms with Crippen LogP contribution in [0, 0.1) is 0 Å². The molecule has 146 valence electrons. The summed E-state index contributed by atoms with van der Waals surface area (Å²) in [7, 11) is 0. The van der Waals surface area contributed by atoms with E-state index in [9.17, 15) is 0 Å². The van der Waals surface area contributed by atoms with Gasteiger partial charge in [-0.3, -0.25) is 0 Å². The molecule has 0 amide bonds. The van der Waals surface area contributed by atoms with Gasteiger partial charge in [-0.15, -0.1) is 0 Å². The van der Waals surface area contributed by atoms with E-state index in [1.54, 1.807) is 0 Å². The molecule has 3 rings (SSSR count). The Bertz CT molecular complexity index is 709. The van der Waals surface area contributed by atoms with Crippen LogP contribution in [0.15, 0.2) is 42.5 Å². The van der Waals surface area contributed by atoms with Gasteiger partial charge in [-0.1, -0.05) is 95.9 Å². The minimum Gasteiger partial charge on any atom is -0.453 e. The average molecular weight is 366 g/mol. The predicted octanol–water partition coefficient (Wildman–Crippen LogP) is 8.56. The normalized spacial score (nSPS) is 13.3. The molecule has 0 bridgehead atoms. The summed E-state index contributed by atoms with van der Waals surface area (Å²) >= 11 is 0. The van der Waals surface area contributed by atoms with Crippen LogP contribution in [0.1, 0.15) is 89.5 Å². The Morgan fingerprint density at radius 3 is 2.22 bits per heavy atom. The fraction of sp³-hybridized carbons (Fsp3) is 0.520. The maximum Gasteiger partial charge on any atom is 0.151 e. The van der Waals surface area contributed by atoms with Crippen LogP contribution in [0.25, 0.3) is 0 Å². The Morgan fingerprint density at radius 1 is 0.778 bits per heavy atom. The van der Waals surface area contributed by atoms with Gasteiger partial charge < -0.3 is 10.1 Å². The highest BCUT2D eigenvalue weighted by Gasteiger charge is 2.21. The fourth-order valence-electron chi connectivity index (χ4n) is 4.01. The molecule has 0 spiro atoms. The zero-order valence-electron chi connectivity index (χ0n) is 17.1. The lowest BCUT2D eigenvalue weighted by molar-refractivity contribution is 0.478. The van der Waals surface area contributed by atoms with E-state index >= 15 is 0 Å². The minimum atomic E-state index is 0.547. The van der Waals surface area contributed by atoms with Crippen LogP contribution in [-0.4, -0.2) is 0 Å². The second kappa shape index (κ2) is 10.4. The number of ether oxygens (including phenoxy) is 1. The van der Waals surface area contributed by atoms with E-state index in [-0.39, 0.29) is 0 Å². The molecule has 2 aromatic rings. The van der Waals surface area contributed by atoms with Crippen LogP contribution in [0.2, 0.25) is 0 Å². The summed E-state index contributed by atoms with van der Waals surface area (Å²) < 4.78 is 6.10. The number of para-hydroxylation sites is 3. The third-order valence-electron chi connectivity index (χ3n) is 5.70. The SMILES string of the molecule is CCCCCCCCCCCC(C)c1cccc2c1Nc1ccccc1O2. The molecule has 1 aliphatic heterocycles. The van der Waals surface area contributed by atoms with Crippen LogP contribution in [0.3, 0.4) is 0 Å². The van der Waals surface area contributed by atoms with Gasteiger partial charge in [-0.2, -0.15) is 0 Å². The van der Waals surface area contributed by atoms with E-state index in [0.29, 0.717) is 5.92 Å².